The van der Waals surface area contributed by atoms with Crippen LogP contribution in [0.15, 0.2) is 36.8 Å². The van der Waals surface area contributed by atoms with Crippen molar-refractivity contribution in [1.29, 1.82) is 5.41 Å². The molecule has 0 spiro atoms. The standard InChI is InChI=1S/C29H38N10O2/c1-18-20-7-6-19(28(40)36-22(30)8-9-32-10-11-38-12-14-41-15-13-38)16-21(20)35-24(18)25-23-26(31-5)33-17-34-27(23)39(37-25)29(2,3)4/h6-9,16-17,32,35H,10-15H2,1-5H3,(H2,30,36,40)(H,31,33,34)/b9-8-. The topological polar surface area (TPSA) is 149 Å². The number of benzene rings is 1. The van der Waals surface area contributed by atoms with Crippen LogP contribution in [-0.2, 0) is 10.3 Å². The average Bonchev–Trinajstić information content (AvgIpc) is 3.51. The highest BCUT2D eigenvalue weighted by atomic mass is 16.5. The maximum atomic E-state index is 12.9. The van der Waals surface area contributed by atoms with Gasteiger partial charge < -0.3 is 25.7 Å². The van der Waals surface area contributed by atoms with E-state index in [-0.39, 0.29) is 17.3 Å². The molecule has 0 saturated carbocycles. The van der Waals surface area contributed by atoms with E-state index in [0.29, 0.717) is 11.4 Å². The molecule has 0 aliphatic carbocycles. The van der Waals surface area contributed by atoms with E-state index in [1.807, 2.05) is 24.7 Å². The van der Waals surface area contributed by atoms with Gasteiger partial charge in [-0.05, 0) is 51.5 Å². The summed E-state index contributed by atoms with van der Waals surface area (Å²) in [4.78, 5) is 27.7. The van der Waals surface area contributed by atoms with E-state index < -0.39 is 0 Å². The minimum absolute atomic E-state index is 0.0103. The Labute approximate surface area is 239 Å². The highest BCUT2D eigenvalue weighted by molar-refractivity contribution is 6.10. The number of hydrogen-bond donors (Lipinski definition) is 5. The third-order valence-corrected chi connectivity index (χ3v) is 7.19. The first-order valence-electron chi connectivity index (χ1n) is 13.8. The Hall–Kier alpha value is -4.29. The monoisotopic (exact) mass is 558 g/mol. The van der Waals surface area contributed by atoms with E-state index in [9.17, 15) is 4.79 Å². The summed E-state index contributed by atoms with van der Waals surface area (Å²) in [5.74, 6) is 0.355. The van der Waals surface area contributed by atoms with Crippen LogP contribution in [0, 0.1) is 12.3 Å². The van der Waals surface area contributed by atoms with Crippen molar-refractivity contribution < 1.29 is 9.53 Å². The lowest BCUT2D eigenvalue weighted by molar-refractivity contribution is 0.0388. The van der Waals surface area contributed by atoms with Gasteiger partial charge in [0.1, 0.15) is 23.7 Å². The van der Waals surface area contributed by atoms with Gasteiger partial charge in [-0.15, -0.1) is 0 Å². The van der Waals surface area contributed by atoms with Crippen LogP contribution in [0.25, 0.3) is 33.3 Å². The van der Waals surface area contributed by atoms with Crippen LogP contribution >= 0.6 is 0 Å². The summed E-state index contributed by atoms with van der Waals surface area (Å²) in [5.41, 5.74) is 4.30. The number of amides is 1. The lowest BCUT2D eigenvalue weighted by Gasteiger charge is -2.26. The van der Waals surface area contributed by atoms with Gasteiger partial charge in [0.05, 0.1) is 29.8 Å². The molecule has 3 aromatic heterocycles. The molecular weight excluding hydrogens is 520 g/mol. The summed E-state index contributed by atoms with van der Waals surface area (Å²) >= 11 is 0. The Morgan fingerprint density at radius 3 is 2.73 bits per heavy atom. The molecule has 5 rings (SSSR count). The van der Waals surface area contributed by atoms with Crippen LogP contribution in [0.2, 0.25) is 0 Å². The van der Waals surface area contributed by atoms with Gasteiger partial charge in [-0.1, -0.05) is 6.07 Å². The zero-order valence-corrected chi connectivity index (χ0v) is 24.3. The molecule has 5 N–H and O–H groups in total. The molecule has 0 atom stereocenters. The molecule has 4 heterocycles. The molecule has 1 aliphatic rings. The van der Waals surface area contributed by atoms with Crippen LogP contribution in [0.3, 0.4) is 0 Å². The number of ether oxygens (including phenoxy) is 1. The lowest BCUT2D eigenvalue weighted by atomic mass is 10.1. The van der Waals surface area contributed by atoms with Gasteiger partial charge in [-0.2, -0.15) is 5.10 Å². The van der Waals surface area contributed by atoms with E-state index >= 15 is 0 Å². The predicted molar refractivity (Wildman–Crippen MR) is 161 cm³/mol. The third kappa shape index (κ3) is 5.93. The molecule has 0 radical (unpaired) electrons. The number of nitrogens with zero attached hydrogens (tertiary/aromatic N) is 5. The zero-order valence-electron chi connectivity index (χ0n) is 24.3. The predicted octanol–water partition coefficient (Wildman–Crippen LogP) is 3.22. The Morgan fingerprint density at radius 2 is 2.00 bits per heavy atom. The van der Waals surface area contributed by atoms with E-state index in [2.05, 4.69) is 56.6 Å². The normalized spacial score (nSPS) is 14.7. The second kappa shape index (κ2) is 11.7. The summed E-state index contributed by atoms with van der Waals surface area (Å²) in [6, 6.07) is 5.50. The fraction of sp³-hybridized carbons (Fsp3) is 0.414. The fourth-order valence-corrected chi connectivity index (χ4v) is 5.01. The molecule has 1 aliphatic heterocycles. The van der Waals surface area contributed by atoms with Gasteiger partial charge >= 0.3 is 0 Å². The summed E-state index contributed by atoms with van der Waals surface area (Å²) in [6.45, 7) is 13.4. The number of amidine groups is 1. The molecule has 0 bridgehead atoms. The first-order valence-corrected chi connectivity index (χ1v) is 13.8. The molecule has 1 saturated heterocycles. The minimum Gasteiger partial charge on any atom is -0.389 e. The van der Waals surface area contributed by atoms with E-state index in [1.165, 1.54) is 0 Å². The Morgan fingerprint density at radius 1 is 1.22 bits per heavy atom. The van der Waals surface area contributed by atoms with Crippen LogP contribution in [-0.4, -0.2) is 87.8 Å². The Bertz CT molecular complexity index is 1610. The summed E-state index contributed by atoms with van der Waals surface area (Å²) in [7, 11) is 1.83. The first kappa shape index (κ1) is 28.2. The fourth-order valence-electron chi connectivity index (χ4n) is 5.01. The number of anilines is 1. The Kier molecular flexibility index (Phi) is 8.04. The second-order valence-corrected chi connectivity index (χ2v) is 11.1. The van der Waals surface area contributed by atoms with Gasteiger partial charge in [-0.3, -0.25) is 15.1 Å². The lowest BCUT2D eigenvalue weighted by Crippen LogP contribution is -2.39. The van der Waals surface area contributed by atoms with Crippen molar-refractivity contribution in [2.24, 2.45) is 0 Å². The molecule has 12 nitrogen and oxygen atoms in total. The van der Waals surface area contributed by atoms with Gasteiger partial charge in [0.15, 0.2) is 5.65 Å². The van der Waals surface area contributed by atoms with Crippen LogP contribution in [0.5, 0.6) is 0 Å². The van der Waals surface area contributed by atoms with Crippen LogP contribution in [0.4, 0.5) is 5.82 Å². The number of aromatic amines is 1. The van der Waals surface area contributed by atoms with Crippen molar-refractivity contribution in [2.75, 3.05) is 51.8 Å². The van der Waals surface area contributed by atoms with Crippen LogP contribution < -0.4 is 16.0 Å². The van der Waals surface area contributed by atoms with Crippen LogP contribution in [0.1, 0.15) is 36.7 Å². The number of morpholine rings is 1. The number of aromatic nitrogens is 5. The van der Waals surface area contributed by atoms with Crippen molar-refractivity contribution in [3.63, 3.8) is 0 Å². The molecule has 0 unspecified atom stereocenters. The van der Waals surface area contributed by atoms with Gasteiger partial charge in [0, 0.05) is 55.9 Å². The highest BCUT2D eigenvalue weighted by Gasteiger charge is 2.26. The van der Waals surface area contributed by atoms with E-state index in [0.717, 1.165) is 78.3 Å². The van der Waals surface area contributed by atoms with Gasteiger partial charge in [-0.25, -0.2) is 14.6 Å². The van der Waals surface area contributed by atoms with E-state index in [1.54, 1.807) is 30.7 Å². The number of fused-ring (bicyclic) bond motifs is 2. The summed E-state index contributed by atoms with van der Waals surface area (Å²) in [6.07, 6.45) is 4.78. The number of carbonyl (C=O) groups excluding carboxylic acids is 1. The van der Waals surface area contributed by atoms with Gasteiger partial charge in [0.2, 0.25) is 0 Å². The van der Waals surface area contributed by atoms with Crippen molar-refractivity contribution >= 4 is 39.5 Å². The molecular formula is C29H38N10O2. The smallest absolute Gasteiger partial charge is 0.256 e. The SMILES string of the molecule is CNc1ncnc2c1c(-c1[nH]c3cc(C(=O)NC(=N)/C=C\NCCN4CCOCC4)ccc3c1C)nn2C(C)(C)C. The summed E-state index contributed by atoms with van der Waals surface area (Å²) in [5, 5.41) is 23.9. The van der Waals surface area contributed by atoms with Gasteiger partial charge in [0.25, 0.3) is 5.91 Å². The highest BCUT2D eigenvalue weighted by Crippen LogP contribution is 2.37. The van der Waals surface area contributed by atoms with Crippen molar-refractivity contribution in [1.82, 2.24) is 40.3 Å². The molecule has 1 aromatic carbocycles. The zero-order chi connectivity index (χ0) is 29.1. The van der Waals surface area contributed by atoms with Crippen molar-refractivity contribution in [3.05, 3.63) is 47.9 Å². The maximum absolute atomic E-state index is 12.9. The number of H-pyrrole nitrogens is 1. The van der Waals surface area contributed by atoms with E-state index in [4.69, 9.17) is 15.2 Å². The number of aryl methyl sites for hydroxylation is 1. The number of hydrogen-bond acceptors (Lipinski definition) is 9. The average molecular weight is 559 g/mol. The third-order valence-electron chi connectivity index (χ3n) is 7.19. The largest absolute Gasteiger partial charge is 0.389 e. The molecule has 216 valence electrons. The number of carbonyl (C=O) groups is 1. The molecule has 12 heteroatoms. The quantitative estimate of drug-likeness (QED) is 0.126. The number of rotatable bonds is 8. The van der Waals surface area contributed by atoms with Crippen molar-refractivity contribution in [3.8, 4) is 11.4 Å². The maximum Gasteiger partial charge on any atom is 0.256 e. The summed E-state index contributed by atoms with van der Waals surface area (Å²) < 4.78 is 7.28. The number of nitrogens with one attached hydrogen (secondary N) is 5. The molecule has 1 fully saturated rings. The first-order chi connectivity index (χ1) is 19.7. The second-order valence-electron chi connectivity index (χ2n) is 11.1. The Balaban J connectivity index is 1.33. The van der Waals surface area contributed by atoms with Crippen molar-refractivity contribution in [2.45, 2.75) is 33.2 Å². The molecule has 41 heavy (non-hydrogen) atoms. The minimum atomic E-state index is -0.350. The molecule has 4 aromatic rings. The molecule has 1 amide bonds.